The van der Waals surface area contributed by atoms with Crippen LogP contribution >= 0.6 is 0 Å². The van der Waals surface area contributed by atoms with E-state index in [1.165, 1.54) is 6.21 Å². The van der Waals surface area contributed by atoms with Gasteiger partial charge in [-0.15, -0.1) is 0 Å². The van der Waals surface area contributed by atoms with E-state index in [4.69, 9.17) is 14.2 Å². The number of hydrogen-bond donors (Lipinski definition) is 2. The molecule has 178 valence electrons. The Morgan fingerprint density at radius 2 is 1.76 bits per heavy atom. The third-order valence-corrected chi connectivity index (χ3v) is 4.39. The fourth-order valence-electron chi connectivity index (χ4n) is 2.87. The van der Waals surface area contributed by atoms with Crippen molar-refractivity contribution >= 4 is 18.2 Å². The summed E-state index contributed by atoms with van der Waals surface area (Å²) in [4.78, 5) is 24.6. The van der Waals surface area contributed by atoms with Gasteiger partial charge in [-0.05, 0) is 49.1 Å². The lowest BCUT2D eigenvalue weighted by Gasteiger charge is -2.17. The van der Waals surface area contributed by atoms with Crippen LogP contribution in [0, 0.1) is 5.92 Å². The van der Waals surface area contributed by atoms with Crippen molar-refractivity contribution in [1.29, 1.82) is 0 Å². The van der Waals surface area contributed by atoms with Gasteiger partial charge in [0.2, 0.25) is 0 Å². The molecule has 1 atom stereocenters. The highest BCUT2D eigenvalue weighted by atomic mass is 16.5. The molecule has 8 nitrogen and oxygen atoms in total. The standard InChI is InChI=1S/C25H33N3O5/c1-5-31-23-15-20(12-13-22(23)33-17-18(3)4)16-26-28-24(29)21(27-25(30)32-6-2)14-19-10-8-7-9-11-19/h7-13,15-16,18,21H,5-6,14,17H2,1-4H3,(H,27,30)(H,28,29)/b26-16-/t21-/m0/s1. The van der Waals surface area contributed by atoms with Gasteiger partial charge in [-0.1, -0.05) is 44.2 Å². The number of benzene rings is 2. The van der Waals surface area contributed by atoms with Crippen LogP contribution in [0.2, 0.25) is 0 Å². The van der Waals surface area contributed by atoms with E-state index < -0.39 is 18.0 Å². The zero-order chi connectivity index (χ0) is 24.1. The Bertz CT molecular complexity index is 916. The summed E-state index contributed by atoms with van der Waals surface area (Å²) in [6.45, 7) is 9.04. The number of ether oxygens (including phenoxy) is 3. The van der Waals surface area contributed by atoms with Crippen molar-refractivity contribution in [3.8, 4) is 11.5 Å². The molecular weight excluding hydrogens is 422 g/mol. The first-order valence-corrected chi connectivity index (χ1v) is 11.1. The summed E-state index contributed by atoms with van der Waals surface area (Å²) in [5.41, 5.74) is 4.12. The third-order valence-electron chi connectivity index (χ3n) is 4.39. The van der Waals surface area contributed by atoms with Gasteiger partial charge in [0, 0.05) is 6.42 Å². The van der Waals surface area contributed by atoms with E-state index in [0.29, 0.717) is 37.1 Å². The van der Waals surface area contributed by atoms with Crippen LogP contribution in [-0.4, -0.2) is 44.1 Å². The van der Waals surface area contributed by atoms with Gasteiger partial charge in [0.15, 0.2) is 11.5 Å². The molecular formula is C25H33N3O5. The molecule has 0 unspecified atom stereocenters. The van der Waals surface area contributed by atoms with Crippen LogP contribution in [0.15, 0.2) is 53.6 Å². The minimum atomic E-state index is -0.839. The number of hydrazone groups is 1. The number of rotatable bonds is 12. The lowest BCUT2D eigenvalue weighted by atomic mass is 10.1. The highest BCUT2D eigenvalue weighted by Gasteiger charge is 2.21. The second kappa shape index (κ2) is 13.8. The lowest BCUT2D eigenvalue weighted by molar-refractivity contribution is -0.123. The summed E-state index contributed by atoms with van der Waals surface area (Å²) >= 11 is 0. The molecule has 33 heavy (non-hydrogen) atoms. The molecule has 0 fully saturated rings. The Morgan fingerprint density at radius 1 is 1.00 bits per heavy atom. The Labute approximate surface area is 195 Å². The minimum absolute atomic E-state index is 0.211. The average molecular weight is 456 g/mol. The molecule has 0 aliphatic rings. The smallest absolute Gasteiger partial charge is 0.407 e. The van der Waals surface area contributed by atoms with Crippen molar-refractivity contribution in [1.82, 2.24) is 10.7 Å². The summed E-state index contributed by atoms with van der Waals surface area (Å²) in [6, 6.07) is 14.0. The average Bonchev–Trinajstić information content (AvgIpc) is 2.79. The summed E-state index contributed by atoms with van der Waals surface area (Å²) in [5, 5.41) is 6.64. The van der Waals surface area contributed by atoms with Crippen molar-refractivity contribution in [2.24, 2.45) is 11.0 Å². The third kappa shape index (κ3) is 9.22. The van der Waals surface area contributed by atoms with E-state index in [0.717, 1.165) is 11.1 Å². The van der Waals surface area contributed by atoms with Crippen molar-refractivity contribution in [2.45, 2.75) is 40.2 Å². The molecule has 0 saturated carbocycles. The fourth-order valence-corrected chi connectivity index (χ4v) is 2.87. The molecule has 0 saturated heterocycles. The normalized spacial score (nSPS) is 11.8. The Balaban J connectivity index is 2.07. The van der Waals surface area contributed by atoms with Gasteiger partial charge >= 0.3 is 6.09 Å². The van der Waals surface area contributed by atoms with E-state index in [-0.39, 0.29) is 6.61 Å². The number of alkyl carbamates (subject to hydrolysis) is 1. The van der Waals surface area contributed by atoms with Crippen molar-refractivity contribution in [3.63, 3.8) is 0 Å². The van der Waals surface area contributed by atoms with E-state index >= 15 is 0 Å². The maximum Gasteiger partial charge on any atom is 0.407 e. The van der Waals surface area contributed by atoms with Crippen molar-refractivity contribution in [2.75, 3.05) is 19.8 Å². The summed E-state index contributed by atoms with van der Waals surface area (Å²) in [6.07, 6.45) is 1.16. The molecule has 0 spiro atoms. The second-order valence-corrected chi connectivity index (χ2v) is 7.69. The second-order valence-electron chi connectivity index (χ2n) is 7.69. The molecule has 2 aromatic carbocycles. The maximum absolute atomic E-state index is 12.7. The van der Waals surface area contributed by atoms with Gasteiger partial charge in [0.05, 0.1) is 26.0 Å². The first kappa shape index (κ1) is 25.7. The van der Waals surface area contributed by atoms with Gasteiger partial charge in [0.1, 0.15) is 6.04 Å². The Kier molecular flexibility index (Phi) is 10.7. The molecule has 8 heteroatoms. The predicted molar refractivity (Wildman–Crippen MR) is 128 cm³/mol. The number of carbonyl (C=O) groups excluding carboxylic acids is 2. The van der Waals surface area contributed by atoms with E-state index in [9.17, 15) is 9.59 Å². The topological polar surface area (TPSA) is 98.2 Å². The van der Waals surface area contributed by atoms with E-state index in [1.807, 2.05) is 49.4 Å². The van der Waals surface area contributed by atoms with Crippen LogP contribution in [0.25, 0.3) is 0 Å². The van der Waals surface area contributed by atoms with Crippen LogP contribution in [0.3, 0.4) is 0 Å². The zero-order valence-corrected chi connectivity index (χ0v) is 19.7. The quantitative estimate of drug-likeness (QED) is 0.373. The minimum Gasteiger partial charge on any atom is -0.490 e. The van der Waals surface area contributed by atoms with Gasteiger partial charge < -0.3 is 19.5 Å². The highest BCUT2D eigenvalue weighted by Crippen LogP contribution is 2.28. The summed E-state index contributed by atoms with van der Waals surface area (Å²) < 4.78 is 16.4. The predicted octanol–water partition coefficient (Wildman–Crippen LogP) is 3.93. The van der Waals surface area contributed by atoms with Crippen LogP contribution < -0.4 is 20.2 Å². The number of hydrogen-bond acceptors (Lipinski definition) is 6. The van der Waals surface area contributed by atoms with Crippen molar-refractivity contribution < 1.29 is 23.8 Å². The van der Waals surface area contributed by atoms with Crippen LogP contribution in [0.1, 0.15) is 38.8 Å². The lowest BCUT2D eigenvalue weighted by Crippen LogP contribution is -2.47. The van der Waals surface area contributed by atoms with Crippen LogP contribution in [0.5, 0.6) is 11.5 Å². The van der Waals surface area contributed by atoms with Gasteiger partial charge in [-0.2, -0.15) is 5.10 Å². The van der Waals surface area contributed by atoms with Gasteiger partial charge in [-0.25, -0.2) is 10.2 Å². The summed E-state index contributed by atoms with van der Waals surface area (Å²) in [5.74, 6) is 1.21. The molecule has 0 aliphatic carbocycles. The molecule has 0 radical (unpaired) electrons. The fraction of sp³-hybridized carbons (Fsp3) is 0.400. The highest BCUT2D eigenvalue weighted by molar-refractivity contribution is 5.87. The molecule has 0 aromatic heterocycles. The van der Waals surface area contributed by atoms with Crippen LogP contribution in [-0.2, 0) is 16.0 Å². The largest absolute Gasteiger partial charge is 0.490 e. The molecule has 0 bridgehead atoms. The molecule has 2 amide bonds. The first-order chi connectivity index (χ1) is 15.9. The number of carbonyl (C=O) groups is 2. The monoisotopic (exact) mass is 455 g/mol. The zero-order valence-electron chi connectivity index (χ0n) is 19.7. The SMILES string of the molecule is CCOC(=O)N[C@@H](Cc1ccccc1)C(=O)N/N=C\c1ccc(OCC(C)C)c(OCC)c1. The molecule has 0 aliphatic heterocycles. The Hall–Kier alpha value is -3.55. The maximum atomic E-state index is 12.7. The van der Waals surface area contributed by atoms with Crippen LogP contribution in [0.4, 0.5) is 4.79 Å². The number of amides is 2. The summed E-state index contributed by atoms with van der Waals surface area (Å²) in [7, 11) is 0. The molecule has 2 rings (SSSR count). The molecule has 0 heterocycles. The molecule has 2 aromatic rings. The van der Waals surface area contributed by atoms with E-state index in [1.54, 1.807) is 13.0 Å². The number of nitrogens with one attached hydrogen (secondary N) is 2. The Morgan fingerprint density at radius 3 is 2.42 bits per heavy atom. The van der Waals surface area contributed by atoms with Crippen molar-refractivity contribution in [3.05, 3.63) is 59.7 Å². The van der Waals surface area contributed by atoms with Gasteiger partial charge in [0.25, 0.3) is 5.91 Å². The number of nitrogens with zero attached hydrogens (tertiary/aromatic N) is 1. The van der Waals surface area contributed by atoms with Gasteiger partial charge in [-0.3, -0.25) is 4.79 Å². The molecule has 2 N–H and O–H groups in total. The van der Waals surface area contributed by atoms with E-state index in [2.05, 4.69) is 29.7 Å². The first-order valence-electron chi connectivity index (χ1n) is 11.1.